The Kier molecular flexibility index (Phi) is 4.37. The van der Waals surface area contributed by atoms with E-state index in [2.05, 4.69) is 79.7 Å². The van der Waals surface area contributed by atoms with Crippen LogP contribution < -0.4 is 0 Å². The van der Waals surface area contributed by atoms with Crippen LogP contribution in [0.3, 0.4) is 0 Å². The van der Waals surface area contributed by atoms with Crippen LogP contribution in [0.2, 0.25) is 0 Å². The zero-order chi connectivity index (χ0) is 19.7. The second-order valence-electron chi connectivity index (χ2n) is 10.7. The summed E-state index contributed by atoms with van der Waals surface area (Å²) in [5.41, 5.74) is 5.88. The Balaban J connectivity index is 2.22. The number of hydrogen-bond acceptors (Lipinski definition) is 2. The topological polar surface area (TPSA) is 40.5 Å². The monoisotopic (exact) mass is 352 g/mol. The van der Waals surface area contributed by atoms with Gasteiger partial charge in [0.2, 0.25) is 0 Å². The van der Waals surface area contributed by atoms with E-state index in [1.165, 1.54) is 22.3 Å². The number of fused-ring (bicyclic) bond motifs is 3. The minimum atomic E-state index is -1.42. The van der Waals surface area contributed by atoms with E-state index in [4.69, 9.17) is 0 Å². The third-order valence-corrected chi connectivity index (χ3v) is 6.35. The van der Waals surface area contributed by atoms with Crippen molar-refractivity contribution in [3.63, 3.8) is 0 Å². The first kappa shape index (κ1) is 19.4. The van der Waals surface area contributed by atoms with Crippen LogP contribution in [0.4, 0.5) is 0 Å². The first-order valence-electron chi connectivity index (χ1n) is 9.69. The molecular formula is C23H33BO2. The van der Waals surface area contributed by atoms with Crippen molar-refractivity contribution in [2.45, 2.75) is 72.1 Å². The van der Waals surface area contributed by atoms with Gasteiger partial charge in [0.1, 0.15) is 0 Å². The van der Waals surface area contributed by atoms with E-state index in [9.17, 15) is 10.0 Å². The molecule has 0 spiro atoms. The van der Waals surface area contributed by atoms with E-state index >= 15 is 0 Å². The zero-order valence-electron chi connectivity index (χ0n) is 17.5. The molecule has 0 amide bonds. The molecule has 0 saturated heterocycles. The van der Waals surface area contributed by atoms with E-state index in [0.717, 1.165) is 5.47 Å². The van der Waals surface area contributed by atoms with Gasteiger partial charge in [-0.2, -0.15) is 0 Å². The maximum Gasteiger partial charge on any atom is 0.484 e. The first-order valence-corrected chi connectivity index (χ1v) is 9.69. The smallest absolute Gasteiger partial charge is 0.423 e. The van der Waals surface area contributed by atoms with Crippen LogP contribution >= 0.6 is 0 Å². The number of rotatable bonds is 1. The Morgan fingerprint density at radius 1 is 0.962 bits per heavy atom. The normalized spacial score (nSPS) is 24.5. The van der Waals surface area contributed by atoms with Gasteiger partial charge in [0.15, 0.2) is 0 Å². The minimum Gasteiger partial charge on any atom is -0.423 e. The predicted molar refractivity (Wildman–Crippen MR) is 110 cm³/mol. The SMILES string of the molecule is CC(C)(C)C1=CC2C(C(B(O)O)=C1)c1ccc(C(C)(C)C)cc1C2(C)C. The molecule has 0 aromatic heterocycles. The van der Waals surface area contributed by atoms with Gasteiger partial charge in [-0.1, -0.05) is 85.7 Å². The molecule has 2 unspecified atom stereocenters. The molecule has 0 bridgehead atoms. The molecule has 0 saturated carbocycles. The van der Waals surface area contributed by atoms with Crippen molar-refractivity contribution in [1.29, 1.82) is 0 Å². The van der Waals surface area contributed by atoms with Crippen LogP contribution in [0, 0.1) is 11.3 Å². The molecule has 2 aliphatic rings. The van der Waals surface area contributed by atoms with Crippen molar-refractivity contribution in [3.8, 4) is 0 Å². The second kappa shape index (κ2) is 5.84. The van der Waals surface area contributed by atoms with Crippen molar-refractivity contribution in [2.75, 3.05) is 0 Å². The lowest BCUT2D eigenvalue weighted by atomic mass is 9.60. The van der Waals surface area contributed by atoms with E-state index in [0.29, 0.717) is 0 Å². The van der Waals surface area contributed by atoms with Gasteiger partial charge in [0.25, 0.3) is 0 Å². The Labute approximate surface area is 159 Å². The predicted octanol–water partition coefficient (Wildman–Crippen LogP) is 4.90. The van der Waals surface area contributed by atoms with Gasteiger partial charge >= 0.3 is 7.12 Å². The van der Waals surface area contributed by atoms with E-state index in [-0.39, 0.29) is 28.1 Å². The van der Waals surface area contributed by atoms with E-state index in [1.807, 2.05) is 6.08 Å². The lowest BCUT2D eigenvalue weighted by molar-refractivity contribution is 0.362. The third kappa shape index (κ3) is 2.99. The van der Waals surface area contributed by atoms with Crippen LogP contribution in [-0.2, 0) is 10.8 Å². The van der Waals surface area contributed by atoms with Crippen LogP contribution in [0.5, 0.6) is 0 Å². The summed E-state index contributed by atoms with van der Waals surface area (Å²) in [7, 11) is -1.42. The van der Waals surface area contributed by atoms with Gasteiger partial charge in [-0.25, -0.2) is 0 Å². The number of benzene rings is 1. The maximum absolute atomic E-state index is 10.1. The fourth-order valence-electron chi connectivity index (χ4n) is 4.55. The largest absolute Gasteiger partial charge is 0.484 e. The van der Waals surface area contributed by atoms with Gasteiger partial charge in [-0.15, -0.1) is 0 Å². The molecule has 2 aliphatic carbocycles. The Morgan fingerprint density at radius 2 is 1.58 bits per heavy atom. The highest BCUT2D eigenvalue weighted by Gasteiger charge is 2.50. The molecule has 0 heterocycles. The van der Waals surface area contributed by atoms with E-state index < -0.39 is 7.12 Å². The van der Waals surface area contributed by atoms with Gasteiger partial charge < -0.3 is 10.0 Å². The standard InChI is InChI=1S/C23H33BO2/c1-21(2,3)14-9-10-16-17(11-14)23(7,8)18-12-15(22(4,5)6)13-19(20(16)18)24(25)26/h9-13,18,20,25-26H,1-8H3. The van der Waals surface area contributed by atoms with Crippen LogP contribution in [0.1, 0.15) is 78.0 Å². The molecule has 2 N–H and O–H groups in total. The second-order valence-corrected chi connectivity index (χ2v) is 10.7. The van der Waals surface area contributed by atoms with Crippen molar-refractivity contribution in [3.05, 3.63) is 58.1 Å². The third-order valence-electron chi connectivity index (χ3n) is 6.35. The Bertz CT molecular complexity index is 785. The molecule has 0 fully saturated rings. The first-order chi connectivity index (χ1) is 11.7. The van der Waals surface area contributed by atoms with E-state index in [1.54, 1.807) is 0 Å². The Morgan fingerprint density at radius 3 is 2.08 bits per heavy atom. The quantitative estimate of drug-likeness (QED) is 0.706. The van der Waals surface area contributed by atoms with Gasteiger partial charge in [0.05, 0.1) is 0 Å². The zero-order valence-corrected chi connectivity index (χ0v) is 17.5. The molecule has 1 aromatic rings. The average Bonchev–Trinajstić information content (AvgIpc) is 2.73. The lowest BCUT2D eigenvalue weighted by Crippen LogP contribution is -2.33. The van der Waals surface area contributed by atoms with Gasteiger partial charge in [-0.05, 0) is 49.9 Å². The summed E-state index contributed by atoms with van der Waals surface area (Å²) >= 11 is 0. The fourth-order valence-corrected chi connectivity index (χ4v) is 4.55. The van der Waals surface area contributed by atoms with Crippen molar-refractivity contribution in [2.24, 2.45) is 11.3 Å². The Hall–Kier alpha value is -1.32. The summed E-state index contributed by atoms with van der Waals surface area (Å²) in [6.45, 7) is 17.9. The van der Waals surface area contributed by atoms with Crippen LogP contribution in [0.15, 0.2) is 41.4 Å². The number of allylic oxidation sites excluding steroid dienone is 4. The van der Waals surface area contributed by atoms with Crippen LogP contribution in [0.25, 0.3) is 0 Å². The highest BCUT2D eigenvalue weighted by molar-refractivity contribution is 6.51. The molecule has 2 nitrogen and oxygen atoms in total. The molecule has 3 rings (SSSR count). The highest BCUT2D eigenvalue weighted by atomic mass is 16.4. The van der Waals surface area contributed by atoms with Crippen molar-refractivity contribution < 1.29 is 10.0 Å². The summed E-state index contributed by atoms with van der Waals surface area (Å²) in [5.74, 6) is 0.281. The van der Waals surface area contributed by atoms with Crippen LogP contribution in [-0.4, -0.2) is 17.2 Å². The fraction of sp³-hybridized carbons (Fsp3) is 0.565. The average molecular weight is 352 g/mol. The van der Waals surface area contributed by atoms with Crippen molar-refractivity contribution in [1.82, 2.24) is 0 Å². The van der Waals surface area contributed by atoms with Gasteiger partial charge in [-0.3, -0.25) is 0 Å². The molecule has 140 valence electrons. The molecule has 1 aromatic carbocycles. The molecule has 2 atom stereocenters. The molecular weight excluding hydrogens is 319 g/mol. The van der Waals surface area contributed by atoms with Crippen molar-refractivity contribution >= 4 is 7.12 Å². The molecule has 0 radical (unpaired) electrons. The minimum absolute atomic E-state index is 0.0213. The summed E-state index contributed by atoms with van der Waals surface area (Å²) < 4.78 is 0. The molecule has 3 heteroatoms. The maximum atomic E-state index is 10.1. The summed E-state index contributed by atoms with van der Waals surface area (Å²) in [6.07, 6.45) is 4.40. The summed E-state index contributed by atoms with van der Waals surface area (Å²) in [4.78, 5) is 0. The highest BCUT2D eigenvalue weighted by Crippen LogP contribution is 2.57. The molecule has 26 heavy (non-hydrogen) atoms. The lowest BCUT2D eigenvalue weighted by Gasteiger charge is -2.36. The molecule has 0 aliphatic heterocycles. The summed E-state index contributed by atoms with van der Waals surface area (Å²) in [6, 6.07) is 6.77. The summed E-state index contributed by atoms with van der Waals surface area (Å²) in [5, 5.41) is 20.3. The number of hydrogen-bond donors (Lipinski definition) is 2. The van der Waals surface area contributed by atoms with Gasteiger partial charge in [0, 0.05) is 5.92 Å².